The van der Waals surface area contributed by atoms with Crippen molar-refractivity contribution < 1.29 is 14.3 Å². The normalized spacial score (nSPS) is 14.3. The molecule has 0 unspecified atom stereocenters. The molecule has 3 rings (SSSR count). The first-order chi connectivity index (χ1) is 14.4. The summed E-state index contributed by atoms with van der Waals surface area (Å²) in [7, 11) is 0. The highest BCUT2D eigenvalue weighted by molar-refractivity contribution is 6.32. The number of amides is 1. The Morgan fingerprint density at radius 1 is 1.10 bits per heavy atom. The van der Waals surface area contributed by atoms with Crippen LogP contribution in [0.3, 0.4) is 0 Å². The molecule has 0 saturated carbocycles. The van der Waals surface area contributed by atoms with Crippen molar-refractivity contribution in [3.8, 4) is 11.5 Å². The van der Waals surface area contributed by atoms with E-state index in [2.05, 4.69) is 31.3 Å². The molecule has 1 aliphatic rings. The third-order valence-electron chi connectivity index (χ3n) is 4.96. The first-order valence-electron chi connectivity index (χ1n) is 10.6. The number of hydrogen-bond acceptors (Lipinski definition) is 4. The van der Waals surface area contributed by atoms with Gasteiger partial charge in [0.1, 0.15) is 0 Å². The van der Waals surface area contributed by atoms with Gasteiger partial charge in [0.25, 0.3) is 0 Å². The average molecular weight is 431 g/mol. The molecule has 30 heavy (non-hydrogen) atoms. The van der Waals surface area contributed by atoms with Gasteiger partial charge in [-0.15, -0.1) is 0 Å². The standard InChI is InChI=1S/C24H31ClN2O3/c1-17(2)15-27(24(28)18(3)26-14-19-8-5-4-6-9-19)16-20-12-21(25)23-22(13-20)29-10-7-11-30-23/h4-6,8-9,12-13,17-18,26H,7,10-11,14-16H2,1-3H3/t18-/m1/s1. The fourth-order valence-electron chi connectivity index (χ4n) is 3.50. The van der Waals surface area contributed by atoms with E-state index in [1.165, 1.54) is 0 Å². The summed E-state index contributed by atoms with van der Waals surface area (Å²) < 4.78 is 11.5. The molecule has 0 aromatic heterocycles. The Balaban J connectivity index is 1.71. The third kappa shape index (κ3) is 6.13. The molecule has 1 atom stereocenters. The van der Waals surface area contributed by atoms with Crippen LogP contribution in [0.25, 0.3) is 0 Å². The molecule has 0 spiro atoms. The van der Waals surface area contributed by atoms with E-state index in [9.17, 15) is 4.79 Å². The molecule has 0 fully saturated rings. The van der Waals surface area contributed by atoms with Crippen LogP contribution in [0.1, 0.15) is 38.3 Å². The van der Waals surface area contributed by atoms with Crippen LogP contribution in [0, 0.1) is 5.92 Å². The van der Waals surface area contributed by atoms with Crippen LogP contribution in [0.2, 0.25) is 5.02 Å². The van der Waals surface area contributed by atoms with Crippen LogP contribution in [0.4, 0.5) is 0 Å². The van der Waals surface area contributed by atoms with Gasteiger partial charge in [0.2, 0.25) is 5.91 Å². The highest BCUT2D eigenvalue weighted by Gasteiger charge is 2.23. The van der Waals surface area contributed by atoms with Crippen molar-refractivity contribution in [2.24, 2.45) is 5.92 Å². The lowest BCUT2D eigenvalue weighted by Gasteiger charge is -2.28. The van der Waals surface area contributed by atoms with Crippen molar-refractivity contribution in [2.45, 2.75) is 46.3 Å². The zero-order chi connectivity index (χ0) is 21.5. The molecule has 1 aliphatic heterocycles. The Kier molecular flexibility index (Phi) is 8.00. The van der Waals surface area contributed by atoms with Gasteiger partial charge in [0, 0.05) is 26.1 Å². The van der Waals surface area contributed by atoms with Crippen molar-refractivity contribution >= 4 is 17.5 Å². The number of fused-ring (bicyclic) bond motifs is 1. The summed E-state index contributed by atoms with van der Waals surface area (Å²) in [6, 6.07) is 13.6. The van der Waals surface area contributed by atoms with Crippen LogP contribution in [0.5, 0.6) is 11.5 Å². The molecule has 0 bridgehead atoms. The van der Waals surface area contributed by atoms with Gasteiger partial charge in [-0.3, -0.25) is 4.79 Å². The fourth-order valence-corrected chi connectivity index (χ4v) is 3.78. The molecule has 0 aliphatic carbocycles. The second-order valence-electron chi connectivity index (χ2n) is 8.16. The molecule has 2 aromatic rings. The Labute approximate surface area is 184 Å². The molecule has 1 N–H and O–H groups in total. The summed E-state index contributed by atoms with van der Waals surface area (Å²) in [5.41, 5.74) is 2.09. The predicted octanol–water partition coefficient (Wildman–Crippen LogP) is 4.66. The molecular formula is C24H31ClN2O3. The number of benzene rings is 2. The molecule has 1 heterocycles. The molecule has 0 radical (unpaired) electrons. The van der Waals surface area contributed by atoms with Gasteiger partial charge in [-0.1, -0.05) is 55.8 Å². The van der Waals surface area contributed by atoms with Gasteiger partial charge in [-0.25, -0.2) is 0 Å². The molecule has 162 valence electrons. The van der Waals surface area contributed by atoms with E-state index >= 15 is 0 Å². The van der Waals surface area contributed by atoms with Gasteiger partial charge in [0.05, 0.1) is 24.3 Å². The SMILES string of the molecule is CC(C)CN(Cc1cc(Cl)c2c(c1)OCCCO2)C(=O)[C@@H](C)NCc1ccccc1. The lowest BCUT2D eigenvalue weighted by Crippen LogP contribution is -2.45. The topological polar surface area (TPSA) is 50.8 Å². The molecule has 1 amide bonds. The maximum Gasteiger partial charge on any atom is 0.239 e. The Morgan fingerprint density at radius 3 is 2.57 bits per heavy atom. The van der Waals surface area contributed by atoms with Crippen LogP contribution in [0.15, 0.2) is 42.5 Å². The number of nitrogens with one attached hydrogen (secondary N) is 1. The van der Waals surface area contributed by atoms with Crippen molar-refractivity contribution in [1.82, 2.24) is 10.2 Å². The molecular weight excluding hydrogens is 400 g/mol. The van der Waals surface area contributed by atoms with E-state index in [1.807, 2.05) is 42.2 Å². The second-order valence-corrected chi connectivity index (χ2v) is 8.56. The maximum atomic E-state index is 13.2. The van der Waals surface area contributed by atoms with E-state index in [4.69, 9.17) is 21.1 Å². The average Bonchev–Trinajstić information content (AvgIpc) is 2.97. The maximum absolute atomic E-state index is 13.2. The van der Waals surface area contributed by atoms with E-state index in [1.54, 1.807) is 0 Å². The smallest absolute Gasteiger partial charge is 0.239 e. The summed E-state index contributed by atoms with van der Waals surface area (Å²) >= 11 is 6.45. The summed E-state index contributed by atoms with van der Waals surface area (Å²) in [6.07, 6.45) is 0.822. The van der Waals surface area contributed by atoms with Gasteiger partial charge in [-0.2, -0.15) is 0 Å². The quantitative estimate of drug-likeness (QED) is 0.661. The minimum absolute atomic E-state index is 0.0721. The first kappa shape index (κ1) is 22.4. The van der Waals surface area contributed by atoms with Crippen molar-refractivity contribution in [3.63, 3.8) is 0 Å². The molecule has 0 saturated heterocycles. The molecule has 5 nitrogen and oxygen atoms in total. The minimum Gasteiger partial charge on any atom is -0.489 e. The Hall–Kier alpha value is -2.24. The zero-order valence-electron chi connectivity index (χ0n) is 18.0. The third-order valence-corrected chi connectivity index (χ3v) is 5.24. The first-order valence-corrected chi connectivity index (χ1v) is 11.0. The van der Waals surface area contributed by atoms with Gasteiger partial charge < -0.3 is 19.7 Å². The van der Waals surface area contributed by atoms with Gasteiger partial charge >= 0.3 is 0 Å². The predicted molar refractivity (Wildman–Crippen MR) is 120 cm³/mol. The zero-order valence-corrected chi connectivity index (χ0v) is 18.7. The van der Waals surface area contributed by atoms with Gasteiger partial charge in [0.15, 0.2) is 11.5 Å². The summed E-state index contributed by atoms with van der Waals surface area (Å²) in [5, 5.41) is 3.87. The number of halogens is 1. The fraction of sp³-hybridized carbons (Fsp3) is 0.458. The van der Waals surface area contributed by atoms with Crippen LogP contribution < -0.4 is 14.8 Å². The highest BCUT2D eigenvalue weighted by atomic mass is 35.5. The largest absolute Gasteiger partial charge is 0.489 e. The van der Waals surface area contributed by atoms with E-state index in [0.29, 0.717) is 55.3 Å². The van der Waals surface area contributed by atoms with Gasteiger partial charge in [-0.05, 0) is 36.1 Å². The van der Waals surface area contributed by atoms with Crippen LogP contribution >= 0.6 is 11.6 Å². The summed E-state index contributed by atoms with van der Waals surface area (Å²) in [6.45, 7) is 9.13. The Bertz CT molecular complexity index is 842. The van der Waals surface area contributed by atoms with Crippen molar-refractivity contribution in [3.05, 3.63) is 58.6 Å². The molecule has 2 aromatic carbocycles. The Morgan fingerprint density at radius 2 is 1.83 bits per heavy atom. The number of hydrogen-bond donors (Lipinski definition) is 1. The number of rotatable bonds is 8. The summed E-state index contributed by atoms with van der Waals surface area (Å²) in [4.78, 5) is 15.1. The van der Waals surface area contributed by atoms with E-state index < -0.39 is 0 Å². The lowest BCUT2D eigenvalue weighted by molar-refractivity contribution is -0.134. The van der Waals surface area contributed by atoms with E-state index in [-0.39, 0.29) is 11.9 Å². The number of ether oxygens (including phenoxy) is 2. The minimum atomic E-state index is -0.292. The second kappa shape index (κ2) is 10.7. The number of nitrogens with zero attached hydrogens (tertiary/aromatic N) is 1. The number of carbonyl (C=O) groups excluding carboxylic acids is 1. The number of carbonyl (C=O) groups is 1. The van der Waals surface area contributed by atoms with Crippen molar-refractivity contribution in [2.75, 3.05) is 19.8 Å². The van der Waals surface area contributed by atoms with Crippen LogP contribution in [-0.4, -0.2) is 36.6 Å². The molecule has 6 heteroatoms. The lowest BCUT2D eigenvalue weighted by atomic mass is 10.1. The van der Waals surface area contributed by atoms with Crippen molar-refractivity contribution in [1.29, 1.82) is 0 Å². The van der Waals surface area contributed by atoms with E-state index in [0.717, 1.165) is 17.5 Å². The summed E-state index contributed by atoms with van der Waals surface area (Å²) in [5.74, 6) is 1.67. The highest BCUT2D eigenvalue weighted by Crippen LogP contribution is 2.38. The van der Waals surface area contributed by atoms with Crippen LogP contribution in [-0.2, 0) is 17.9 Å². The monoisotopic (exact) mass is 430 g/mol.